The number of carbonyl (C=O) groups is 1. The van der Waals surface area contributed by atoms with Crippen molar-refractivity contribution in [1.29, 1.82) is 0 Å². The molecule has 1 aliphatic rings. The summed E-state index contributed by atoms with van der Waals surface area (Å²) in [6.45, 7) is 6.02. The van der Waals surface area contributed by atoms with Gasteiger partial charge in [-0.2, -0.15) is 0 Å². The van der Waals surface area contributed by atoms with E-state index in [0.717, 1.165) is 12.0 Å². The van der Waals surface area contributed by atoms with Gasteiger partial charge in [0.15, 0.2) is 0 Å². The van der Waals surface area contributed by atoms with E-state index < -0.39 is 0 Å². The van der Waals surface area contributed by atoms with Gasteiger partial charge < -0.3 is 10.4 Å². The van der Waals surface area contributed by atoms with Crippen LogP contribution in [-0.2, 0) is 0 Å². The number of carbonyl (C=O) groups excluding carboxylic acids is 1. The first kappa shape index (κ1) is 11.0. The van der Waals surface area contributed by atoms with Crippen LogP contribution in [0.3, 0.4) is 0 Å². The highest BCUT2D eigenvalue weighted by atomic mass is 16.3. The minimum Gasteiger partial charge on any atom is -0.507 e. The third kappa shape index (κ3) is 1.90. The largest absolute Gasteiger partial charge is 0.507 e. The molecule has 2 N–H and O–H groups in total. The second kappa shape index (κ2) is 3.51. The van der Waals surface area contributed by atoms with Crippen LogP contribution in [-0.4, -0.2) is 17.1 Å². The van der Waals surface area contributed by atoms with Crippen molar-refractivity contribution >= 4 is 5.91 Å². The molecule has 1 aromatic carbocycles. The van der Waals surface area contributed by atoms with Crippen molar-refractivity contribution < 1.29 is 9.90 Å². The average Bonchev–Trinajstić information content (AvgIpc) is 2.78. The minimum atomic E-state index is -0.184. The van der Waals surface area contributed by atoms with E-state index in [2.05, 4.69) is 19.2 Å². The molecule has 1 atom stereocenters. The highest BCUT2D eigenvalue weighted by molar-refractivity contribution is 5.97. The van der Waals surface area contributed by atoms with Gasteiger partial charge in [0.05, 0.1) is 5.56 Å². The molecule has 0 heterocycles. The number of phenols is 1. The van der Waals surface area contributed by atoms with Gasteiger partial charge in [-0.05, 0) is 30.4 Å². The quantitative estimate of drug-likeness (QED) is 0.801. The van der Waals surface area contributed by atoms with Gasteiger partial charge in [0.25, 0.3) is 5.91 Å². The number of benzene rings is 1. The lowest BCUT2D eigenvalue weighted by atomic mass is 10.1. The number of amides is 1. The van der Waals surface area contributed by atoms with E-state index in [-0.39, 0.29) is 23.1 Å². The van der Waals surface area contributed by atoms with Crippen molar-refractivity contribution in [3.63, 3.8) is 0 Å². The summed E-state index contributed by atoms with van der Waals surface area (Å²) in [6.07, 6.45) is 1.01. The van der Waals surface area contributed by atoms with Crippen molar-refractivity contribution in [2.24, 2.45) is 5.41 Å². The van der Waals surface area contributed by atoms with Crippen molar-refractivity contribution in [2.75, 3.05) is 0 Å². The maximum absolute atomic E-state index is 11.9. The highest BCUT2D eigenvalue weighted by Crippen LogP contribution is 2.44. The van der Waals surface area contributed by atoms with E-state index >= 15 is 0 Å². The molecule has 16 heavy (non-hydrogen) atoms. The van der Waals surface area contributed by atoms with Gasteiger partial charge >= 0.3 is 0 Å². The van der Waals surface area contributed by atoms with Crippen LogP contribution in [0.25, 0.3) is 0 Å². The number of hydrogen-bond donors (Lipinski definition) is 2. The smallest absolute Gasteiger partial charge is 0.255 e. The van der Waals surface area contributed by atoms with Gasteiger partial charge in [0, 0.05) is 6.04 Å². The van der Waals surface area contributed by atoms with Crippen molar-refractivity contribution in [3.05, 3.63) is 29.3 Å². The molecule has 0 radical (unpaired) electrons. The van der Waals surface area contributed by atoms with Crippen LogP contribution < -0.4 is 5.32 Å². The molecule has 1 aliphatic carbocycles. The second-order valence-corrected chi connectivity index (χ2v) is 5.19. The summed E-state index contributed by atoms with van der Waals surface area (Å²) in [5, 5.41) is 12.7. The highest BCUT2D eigenvalue weighted by Gasteiger charge is 2.46. The summed E-state index contributed by atoms with van der Waals surface area (Å²) in [4.78, 5) is 11.9. The van der Waals surface area contributed by atoms with E-state index in [1.165, 1.54) is 0 Å². The van der Waals surface area contributed by atoms with E-state index in [9.17, 15) is 9.90 Å². The summed E-state index contributed by atoms with van der Waals surface area (Å²) < 4.78 is 0. The molecule has 1 unspecified atom stereocenters. The summed E-state index contributed by atoms with van der Waals surface area (Å²) in [7, 11) is 0. The average molecular weight is 219 g/mol. The molecule has 1 amide bonds. The molecular formula is C13H17NO2. The predicted molar refractivity (Wildman–Crippen MR) is 62.5 cm³/mol. The summed E-state index contributed by atoms with van der Waals surface area (Å²) in [5.74, 6) is -0.102. The van der Waals surface area contributed by atoms with Crippen LogP contribution in [0.2, 0.25) is 0 Å². The molecule has 1 saturated carbocycles. The predicted octanol–water partition coefficient (Wildman–Crippen LogP) is 2.23. The molecule has 3 nitrogen and oxygen atoms in total. The molecule has 86 valence electrons. The molecule has 1 aromatic rings. The van der Waals surface area contributed by atoms with E-state index in [1.54, 1.807) is 25.1 Å². The molecule has 2 rings (SSSR count). The van der Waals surface area contributed by atoms with Crippen LogP contribution >= 0.6 is 0 Å². The topological polar surface area (TPSA) is 49.3 Å². The Labute approximate surface area is 95.5 Å². The lowest BCUT2D eigenvalue weighted by Crippen LogP contribution is -2.28. The molecule has 0 aliphatic heterocycles. The van der Waals surface area contributed by atoms with Gasteiger partial charge in [0.2, 0.25) is 0 Å². The minimum absolute atomic E-state index is 0.0819. The fraction of sp³-hybridized carbons (Fsp3) is 0.462. The fourth-order valence-electron chi connectivity index (χ4n) is 1.79. The molecule has 0 spiro atoms. The van der Waals surface area contributed by atoms with Gasteiger partial charge in [-0.1, -0.05) is 26.0 Å². The number of aromatic hydroxyl groups is 1. The Morgan fingerprint density at radius 1 is 1.50 bits per heavy atom. The zero-order valence-corrected chi connectivity index (χ0v) is 9.87. The normalized spacial score (nSPS) is 21.6. The molecule has 1 fully saturated rings. The first-order valence-corrected chi connectivity index (χ1v) is 5.51. The van der Waals surface area contributed by atoms with Crippen LogP contribution in [0, 0.1) is 12.3 Å². The van der Waals surface area contributed by atoms with Crippen LogP contribution in [0.1, 0.15) is 36.2 Å². The Kier molecular flexibility index (Phi) is 2.41. The zero-order chi connectivity index (χ0) is 11.9. The Hall–Kier alpha value is -1.51. The molecule has 3 heteroatoms. The third-order valence-corrected chi connectivity index (χ3v) is 3.30. The molecular weight excluding hydrogens is 202 g/mol. The van der Waals surface area contributed by atoms with Crippen molar-refractivity contribution in [2.45, 2.75) is 33.2 Å². The van der Waals surface area contributed by atoms with Gasteiger partial charge in [-0.3, -0.25) is 4.79 Å². The first-order chi connectivity index (χ1) is 7.42. The Morgan fingerprint density at radius 2 is 2.12 bits per heavy atom. The van der Waals surface area contributed by atoms with Crippen LogP contribution in [0.5, 0.6) is 5.75 Å². The molecule has 0 aromatic heterocycles. The first-order valence-electron chi connectivity index (χ1n) is 5.51. The lowest BCUT2D eigenvalue weighted by Gasteiger charge is -2.09. The van der Waals surface area contributed by atoms with Gasteiger partial charge in [0.1, 0.15) is 5.75 Å². The van der Waals surface area contributed by atoms with Gasteiger partial charge in [-0.25, -0.2) is 0 Å². The zero-order valence-electron chi connectivity index (χ0n) is 9.87. The van der Waals surface area contributed by atoms with Crippen LogP contribution in [0.15, 0.2) is 18.2 Å². The SMILES string of the molecule is Cc1cccc(C(=O)NC2CC2(C)C)c1O. The summed E-state index contributed by atoms with van der Waals surface area (Å²) >= 11 is 0. The van der Waals surface area contributed by atoms with E-state index in [4.69, 9.17) is 0 Å². The Morgan fingerprint density at radius 3 is 2.69 bits per heavy atom. The standard InChI is InChI=1S/C13H17NO2/c1-8-5-4-6-9(11(8)15)12(16)14-10-7-13(10,2)3/h4-6,10,15H,7H2,1-3H3,(H,14,16). The maximum Gasteiger partial charge on any atom is 0.255 e. The monoisotopic (exact) mass is 219 g/mol. The Balaban J connectivity index is 2.13. The van der Waals surface area contributed by atoms with E-state index in [0.29, 0.717) is 5.56 Å². The number of aryl methyl sites for hydroxylation is 1. The summed E-state index contributed by atoms with van der Waals surface area (Å²) in [5.41, 5.74) is 1.29. The molecule has 0 bridgehead atoms. The summed E-state index contributed by atoms with van der Waals surface area (Å²) in [6, 6.07) is 5.45. The Bertz CT molecular complexity index is 438. The fourth-order valence-corrected chi connectivity index (χ4v) is 1.79. The number of hydrogen-bond acceptors (Lipinski definition) is 2. The van der Waals surface area contributed by atoms with Crippen molar-refractivity contribution in [1.82, 2.24) is 5.32 Å². The third-order valence-electron chi connectivity index (χ3n) is 3.30. The number of rotatable bonds is 2. The van der Waals surface area contributed by atoms with Crippen molar-refractivity contribution in [3.8, 4) is 5.75 Å². The maximum atomic E-state index is 11.9. The number of para-hydroxylation sites is 1. The van der Waals surface area contributed by atoms with Crippen LogP contribution in [0.4, 0.5) is 0 Å². The van der Waals surface area contributed by atoms with Gasteiger partial charge in [-0.15, -0.1) is 0 Å². The number of phenolic OH excluding ortho intramolecular Hbond substituents is 1. The molecule has 0 saturated heterocycles. The second-order valence-electron chi connectivity index (χ2n) is 5.19. The lowest BCUT2D eigenvalue weighted by molar-refractivity contribution is 0.0943. The number of nitrogens with one attached hydrogen (secondary N) is 1. The van der Waals surface area contributed by atoms with E-state index in [1.807, 2.05) is 0 Å².